The fraction of sp³-hybridized carbons (Fsp3) is 0.462. The van der Waals surface area contributed by atoms with E-state index in [4.69, 9.17) is 5.73 Å². The Balaban J connectivity index is 1.88. The monoisotopic (exact) mass is 272 g/mol. The quantitative estimate of drug-likeness (QED) is 0.916. The molecule has 2 N–H and O–H groups in total. The lowest BCUT2D eigenvalue weighted by Gasteiger charge is -2.19. The Morgan fingerprint density at radius 1 is 1.21 bits per heavy atom. The van der Waals surface area contributed by atoms with Crippen molar-refractivity contribution in [3.05, 3.63) is 35.9 Å². The molecule has 19 heavy (non-hydrogen) atoms. The number of nitrogens with zero attached hydrogens (tertiary/aromatic N) is 1. The van der Waals surface area contributed by atoms with Gasteiger partial charge in [-0.3, -0.25) is 0 Å². The summed E-state index contributed by atoms with van der Waals surface area (Å²) in [6.45, 7) is 0. The van der Waals surface area contributed by atoms with Gasteiger partial charge in [0.15, 0.2) is 0 Å². The standard InChI is InChI=1S/C13H15F3N2O/c14-13(15,16)11-10(18-12(17)19-11)8-4-7-9-5-2-1-3-6-9/h1-3,5-6,10-11H,4,7-8H2,(H2,17,18)/t10-,11+/m0/s1. The van der Waals surface area contributed by atoms with Gasteiger partial charge in [0.05, 0.1) is 0 Å². The maximum absolute atomic E-state index is 12.7. The van der Waals surface area contributed by atoms with Gasteiger partial charge in [-0.25, -0.2) is 4.99 Å². The van der Waals surface area contributed by atoms with Gasteiger partial charge in [-0.05, 0) is 24.8 Å². The first-order valence-corrected chi connectivity index (χ1v) is 6.07. The fourth-order valence-corrected chi connectivity index (χ4v) is 2.13. The maximum atomic E-state index is 12.7. The van der Waals surface area contributed by atoms with Gasteiger partial charge in [-0.2, -0.15) is 13.2 Å². The second-order valence-electron chi connectivity index (χ2n) is 4.49. The maximum Gasteiger partial charge on any atom is 0.427 e. The third-order valence-corrected chi connectivity index (χ3v) is 3.02. The number of amidine groups is 1. The average molecular weight is 272 g/mol. The number of nitrogens with two attached hydrogens (primary N) is 1. The summed E-state index contributed by atoms with van der Waals surface area (Å²) in [5.74, 6) is 0. The van der Waals surface area contributed by atoms with Gasteiger partial charge in [-0.1, -0.05) is 30.3 Å². The highest BCUT2D eigenvalue weighted by atomic mass is 19.4. The Hall–Kier alpha value is -1.72. The van der Waals surface area contributed by atoms with Crippen molar-refractivity contribution in [2.45, 2.75) is 37.6 Å². The topological polar surface area (TPSA) is 47.6 Å². The van der Waals surface area contributed by atoms with Crippen molar-refractivity contribution in [1.82, 2.24) is 0 Å². The smallest absolute Gasteiger partial charge is 0.427 e. The summed E-state index contributed by atoms with van der Waals surface area (Å²) in [6.07, 6.45) is -4.69. The molecule has 2 rings (SSSR count). The minimum absolute atomic E-state index is 0.305. The first kappa shape index (κ1) is 13.7. The first-order chi connectivity index (χ1) is 8.97. The summed E-state index contributed by atoms with van der Waals surface area (Å²) in [4.78, 5) is 3.72. The lowest BCUT2D eigenvalue weighted by molar-refractivity contribution is -0.199. The van der Waals surface area contributed by atoms with Crippen LogP contribution < -0.4 is 5.73 Å². The van der Waals surface area contributed by atoms with Crippen LogP contribution >= 0.6 is 0 Å². The van der Waals surface area contributed by atoms with Crippen molar-refractivity contribution in [2.24, 2.45) is 10.7 Å². The van der Waals surface area contributed by atoms with E-state index in [1.54, 1.807) is 0 Å². The highest BCUT2D eigenvalue weighted by Crippen LogP contribution is 2.32. The molecule has 6 heteroatoms. The molecule has 3 nitrogen and oxygen atoms in total. The molecule has 0 bridgehead atoms. The molecule has 0 aromatic heterocycles. The summed E-state index contributed by atoms with van der Waals surface area (Å²) < 4.78 is 42.6. The molecule has 0 fully saturated rings. The minimum Gasteiger partial charge on any atom is -0.450 e. The minimum atomic E-state index is -4.43. The molecular formula is C13H15F3N2O. The summed E-state index contributed by atoms with van der Waals surface area (Å²) in [5.41, 5.74) is 6.32. The fourth-order valence-electron chi connectivity index (χ4n) is 2.13. The predicted octanol–water partition coefficient (Wildman–Crippen LogP) is 2.65. The molecule has 1 aromatic carbocycles. The Kier molecular flexibility index (Phi) is 3.97. The molecule has 1 aliphatic heterocycles. The van der Waals surface area contributed by atoms with E-state index < -0.39 is 18.3 Å². The van der Waals surface area contributed by atoms with Gasteiger partial charge in [0.1, 0.15) is 6.04 Å². The molecule has 1 heterocycles. The number of rotatable bonds is 4. The van der Waals surface area contributed by atoms with Crippen molar-refractivity contribution < 1.29 is 17.9 Å². The number of benzene rings is 1. The highest BCUT2D eigenvalue weighted by molar-refractivity contribution is 5.73. The van der Waals surface area contributed by atoms with E-state index >= 15 is 0 Å². The van der Waals surface area contributed by atoms with Crippen LogP contribution in [0.3, 0.4) is 0 Å². The second kappa shape index (κ2) is 5.50. The van der Waals surface area contributed by atoms with Crippen LogP contribution in [0.4, 0.5) is 13.2 Å². The van der Waals surface area contributed by atoms with Gasteiger partial charge in [-0.15, -0.1) is 0 Å². The molecule has 0 unspecified atom stereocenters. The summed E-state index contributed by atoms with van der Waals surface area (Å²) in [5, 5.41) is 0. The Morgan fingerprint density at radius 2 is 1.89 bits per heavy atom. The van der Waals surface area contributed by atoms with Crippen LogP contribution in [-0.2, 0) is 11.2 Å². The summed E-state index contributed by atoms with van der Waals surface area (Å²) in [7, 11) is 0. The Labute approximate surface area is 109 Å². The van der Waals surface area contributed by atoms with Crippen molar-refractivity contribution in [3.8, 4) is 0 Å². The molecule has 0 aliphatic carbocycles. The number of ether oxygens (including phenoxy) is 1. The Morgan fingerprint density at radius 3 is 2.53 bits per heavy atom. The van der Waals surface area contributed by atoms with E-state index in [1.807, 2.05) is 30.3 Å². The van der Waals surface area contributed by atoms with Crippen LogP contribution in [0.1, 0.15) is 18.4 Å². The van der Waals surface area contributed by atoms with Crippen LogP contribution in [0.15, 0.2) is 35.3 Å². The second-order valence-corrected chi connectivity index (χ2v) is 4.49. The molecule has 0 spiro atoms. The van der Waals surface area contributed by atoms with E-state index in [2.05, 4.69) is 9.73 Å². The summed E-state index contributed by atoms with van der Waals surface area (Å²) >= 11 is 0. The van der Waals surface area contributed by atoms with Gasteiger partial charge >= 0.3 is 6.18 Å². The number of alkyl halides is 3. The Bertz CT molecular complexity index is 445. The van der Waals surface area contributed by atoms with Crippen LogP contribution in [0.2, 0.25) is 0 Å². The lowest BCUT2D eigenvalue weighted by Crippen LogP contribution is -2.38. The van der Waals surface area contributed by atoms with E-state index in [1.165, 1.54) is 0 Å². The molecule has 0 saturated heterocycles. The molecule has 1 aliphatic rings. The van der Waals surface area contributed by atoms with Crippen molar-refractivity contribution in [3.63, 3.8) is 0 Å². The van der Waals surface area contributed by atoms with Crippen molar-refractivity contribution in [1.29, 1.82) is 0 Å². The van der Waals surface area contributed by atoms with Gasteiger partial charge in [0.2, 0.25) is 6.10 Å². The van der Waals surface area contributed by atoms with E-state index in [-0.39, 0.29) is 6.02 Å². The number of halogens is 3. The van der Waals surface area contributed by atoms with Gasteiger partial charge in [0.25, 0.3) is 6.02 Å². The normalized spacial score (nSPS) is 23.0. The third kappa shape index (κ3) is 3.62. The van der Waals surface area contributed by atoms with Crippen molar-refractivity contribution >= 4 is 6.02 Å². The average Bonchev–Trinajstić information content (AvgIpc) is 2.72. The zero-order chi connectivity index (χ0) is 13.9. The number of hydrogen-bond acceptors (Lipinski definition) is 3. The third-order valence-electron chi connectivity index (χ3n) is 3.02. The van der Waals surface area contributed by atoms with Crippen LogP contribution in [-0.4, -0.2) is 24.3 Å². The van der Waals surface area contributed by atoms with Gasteiger partial charge in [0, 0.05) is 0 Å². The summed E-state index contributed by atoms with van der Waals surface area (Å²) in [6, 6.07) is 8.31. The number of aliphatic imine (C=N–C) groups is 1. The SMILES string of the molecule is NC1=N[C@@H](CCCc2ccccc2)[C@H](C(F)(F)F)O1. The van der Waals surface area contributed by atoms with Gasteiger partial charge < -0.3 is 10.5 Å². The van der Waals surface area contributed by atoms with Crippen molar-refractivity contribution in [2.75, 3.05) is 0 Å². The molecule has 2 atom stereocenters. The zero-order valence-electron chi connectivity index (χ0n) is 10.2. The van der Waals surface area contributed by atoms with Crippen LogP contribution in [0.25, 0.3) is 0 Å². The first-order valence-electron chi connectivity index (χ1n) is 6.07. The van der Waals surface area contributed by atoms with E-state index in [0.717, 1.165) is 12.0 Å². The van der Waals surface area contributed by atoms with Crippen LogP contribution in [0, 0.1) is 0 Å². The molecule has 0 radical (unpaired) electrons. The largest absolute Gasteiger partial charge is 0.450 e. The molecule has 0 amide bonds. The number of aryl methyl sites for hydroxylation is 1. The molecule has 1 aromatic rings. The van der Waals surface area contributed by atoms with E-state index in [9.17, 15) is 13.2 Å². The molecular weight excluding hydrogens is 257 g/mol. The zero-order valence-corrected chi connectivity index (χ0v) is 10.2. The van der Waals surface area contributed by atoms with Crippen LogP contribution in [0.5, 0.6) is 0 Å². The molecule has 104 valence electrons. The molecule has 0 saturated carbocycles. The lowest BCUT2D eigenvalue weighted by atomic mass is 10.0. The highest BCUT2D eigenvalue weighted by Gasteiger charge is 2.50. The predicted molar refractivity (Wildman–Crippen MR) is 65.7 cm³/mol. The number of hydrogen-bond donors (Lipinski definition) is 1. The van der Waals surface area contributed by atoms with E-state index in [0.29, 0.717) is 12.8 Å².